The Hall–Kier alpha value is -1.51. The SMILES string of the molecule is Cc1cc(C)c(OCC(=O)N2CCCCCC2)c(C)c1. The third-order valence-corrected chi connectivity index (χ3v) is 3.90. The van der Waals surface area contributed by atoms with Gasteiger partial charge in [0.2, 0.25) is 0 Å². The van der Waals surface area contributed by atoms with Gasteiger partial charge >= 0.3 is 0 Å². The lowest BCUT2D eigenvalue weighted by Gasteiger charge is -2.21. The maximum atomic E-state index is 12.2. The van der Waals surface area contributed by atoms with Crippen LogP contribution < -0.4 is 4.74 Å². The molecular weight excluding hydrogens is 250 g/mol. The number of aryl methyl sites for hydroxylation is 3. The van der Waals surface area contributed by atoms with Crippen molar-refractivity contribution < 1.29 is 9.53 Å². The summed E-state index contributed by atoms with van der Waals surface area (Å²) in [7, 11) is 0. The molecule has 1 amide bonds. The number of likely N-dealkylation sites (tertiary alicyclic amines) is 1. The van der Waals surface area contributed by atoms with Crippen LogP contribution in [0.3, 0.4) is 0 Å². The number of ether oxygens (including phenoxy) is 1. The first-order valence-electron chi connectivity index (χ1n) is 7.56. The van der Waals surface area contributed by atoms with Crippen LogP contribution in [0.2, 0.25) is 0 Å². The highest BCUT2D eigenvalue weighted by Crippen LogP contribution is 2.24. The molecular formula is C17H25NO2. The minimum absolute atomic E-state index is 0.117. The quantitative estimate of drug-likeness (QED) is 0.846. The molecule has 2 rings (SSSR count). The molecule has 1 fully saturated rings. The predicted octanol–water partition coefficient (Wildman–Crippen LogP) is 3.39. The second-order valence-corrected chi connectivity index (χ2v) is 5.81. The van der Waals surface area contributed by atoms with Gasteiger partial charge in [0.05, 0.1) is 0 Å². The fraction of sp³-hybridized carbons (Fsp3) is 0.588. The molecule has 0 unspecified atom stereocenters. The lowest BCUT2D eigenvalue weighted by atomic mass is 10.1. The Balaban J connectivity index is 1.96. The zero-order valence-electron chi connectivity index (χ0n) is 12.9. The van der Waals surface area contributed by atoms with Crippen molar-refractivity contribution in [2.45, 2.75) is 46.5 Å². The van der Waals surface area contributed by atoms with E-state index in [1.54, 1.807) is 0 Å². The zero-order chi connectivity index (χ0) is 14.5. The number of amides is 1. The summed E-state index contributed by atoms with van der Waals surface area (Å²) in [6.07, 6.45) is 4.71. The number of hydrogen-bond donors (Lipinski definition) is 0. The van der Waals surface area contributed by atoms with Crippen LogP contribution in [0, 0.1) is 20.8 Å². The van der Waals surface area contributed by atoms with E-state index in [9.17, 15) is 4.79 Å². The van der Waals surface area contributed by atoms with Crippen LogP contribution in [0.25, 0.3) is 0 Å². The van der Waals surface area contributed by atoms with E-state index in [2.05, 4.69) is 19.1 Å². The molecule has 110 valence electrons. The smallest absolute Gasteiger partial charge is 0.260 e. The second-order valence-electron chi connectivity index (χ2n) is 5.81. The van der Waals surface area contributed by atoms with Crippen LogP contribution in [0.15, 0.2) is 12.1 Å². The number of carbonyl (C=O) groups excluding carboxylic acids is 1. The van der Waals surface area contributed by atoms with Gasteiger partial charge < -0.3 is 9.64 Å². The lowest BCUT2D eigenvalue weighted by molar-refractivity contribution is -0.133. The first-order chi connectivity index (χ1) is 9.58. The van der Waals surface area contributed by atoms with Crippen LogP contribution in [-0.4, -0.2) is 30.5 Å². The minimum atomic E-state index is 0.117. The molecule has 1 aliphatic heterocycles. The van der Waals surface area contributed by atoms with Gasteiger partial charge in [-0.3, -0.25) is 4.79 Å². The third-order valence-electron chi connectivity index (χ3n) is 3.90. The summed E-state index contributed by atoms with van der Waals surface area (Å²) in [5.74, 6) is 0.977. The van der Waals surface area contributed by atoms with Gasteiger partial charge in [-0.2, -0.15) is 0 Å². The number of nitrogens with zero attached hydrogens (tertiary/aromatic N) is 1. The Morgan fingerprint density at radius 2 is 1.60 bits per heavy atom. The van der Waals surface area contributed by atoms with E-state index >= 15 is 0 Å². The van der Waals surface area contributed by atoms with Crippen molar-refractivity contribution in [3.63, 3.8) is 0 Å². The van der Waals surface area contributed by atoms with E-state index < -0.39 is 0 Å². The molecule has 0 N–H and O–H groups in total. The topological polar surface area (TPSA) is 29.5 Å². The van der Waals surface area contributed by atoms with Crippen LogP contribution in [0.4, 0.5) is 0 Å². The summed E-state index contributed by atoms with van der Waals surface area (Å²) in [6.45, 7) is 8.07. The number of benzene rings is 1. The first-order valence-corrected chi connectivity index (χ1v) is 7.56. The average molecular weight is 275 g/mol. The van der Waals surface area contributed by atoms with Crippen molar-refractivity contribution in [3.8, 4) is 5.75 Å². The van der Waals surface area contributed by atoms with Gasteiger partial charge in [-0.15, -0.1) is 0 Å². The fourth-order valence-electron chi connectivity index (χ4n) is 2.94. The van der Waals surface area contributed by atoms with E-state index in [0.29, 0.717) is 0 Å². The van der Waals surface area contributed by atoms with Gasteiger partial charge in [0, 0.05) is 13.1 Å². The molecule has 20 heavy (non-hydrogen) atoms. The van der Waals surface area contributed by atoms with Gasteiger partial charge in [-0.1, -0.05) is 30.5 Å². The molecule has 1 aromatic rings. The second kappa shape index (κ2) is 6.78. The number of rotatable bonds is 3. The molecule has 1 heterocycles. The van der Waals surface area contributed by atoms with E-state index in [0.717, 1.165) is 42.8 Å². The first kappa shape index (κ1) is 14.9. The number of hydrogen-bond acceptors (Lipinski definition) is 2. The largest absolute Gasteiger partial charge is 0.483 e. The average Bonchev–Trinajstić information content (AvgIpc) is 2.66. The van der Waals surface area contributed by atoms with Gasteiger partial charge in [-0.05, 0) is 44.7 Å². The fourth-order valence-corrected chi connectivity index (χ4v) is 2.94. The van der Waals surface area contributed by atoms with Crippen molar-refractivity contribution in [2.75, 3.05) is 19.7 Å². The van der Waals surface area contributed by atoms with Crippen LogP contribution in [-0.2, 0) is 4.79 Å². The van der Waals surface area contributed by atoms with E-state index in [-0.39, 0.29) is 12.5 Å². The molecule has 0 saturated carbocycles. The van der Waals surface area contributed by atoms with E-state index in [4.69, 9.17) is 4.74 Å². The summed E-state index contributed by atoms with van der Waals surface area (Å²) in [5, 5.41) is 0. The summed E-state index contributed by atoms with van der Waals surface area (Å²) >= 11 is 0. The highest BCUT2D eigenvalue weighted by Gasteiger charge is 2.16. The molecule has 0 atom stereocenters. The van der Waals surface area contributed by atoms with E-state index in [1.807, 2.05) is 18.7 Å². The molecule has 0 bridgehead atoms. The Morgan fingerprint density at radius 3 is 2.15 bits per heavy atom. The van der Waals surface area contributed by atoms with Gasteiger partial charge in [0.25, 0.3) is 5.91 Å². The Labute approximate surface area is 121 Å². The van der Waals surface area contributed by atoms with Crippen LogP contribution in [0.5, 0.6) is 5.75 Å². The van der Waals surface area contributed by atoms with Crippen LogP contribution >= 0.6 is 0 Å². The molecule has 0 radical (unpaired) electrons. The Morgan fingerprint density at radius 1 is 1.05 bits per heavy atom. The van der Waals surface area contributed by atoms with Crippen LogP contribution in [0.1, 0.15) is 42.4 Å². The molecule has 1 aromatic carbocycles. The molecule has 0 spiro atoms. The highest BCUT2D eigenvalue weighted by atomic mass is 16.5. The normalized spacial score (nSPS) is 15.8. The van der Waals surface area contributed by atoms with Crippen molar-refractivity contribution in [1.82, 2.24) is 4.90 Å². The molecule has 0 aromatic heterocycles. The summed E-state index contributed by atoms with van der Waals surface area (Å²) in [5.41, 5.74) is 3.43. The minimum Gasteiger partial charge on any atom is -0.483 e. The predicted molar refractivity (Wildman–Crippen MR) is 81.2 cm³/mol. The maximum absolute atomic E-state index is 12.2. The van der Waals surface area contributed by atoms with Gasteiger partial charge in [0.1, 0.15) is 5.75 Å². The molecule has 0 aliphatic carbocycles. The third kappa shape index (κ3) is 3.75. The summed E-state index contributed by atoms with van der Waals surface area (Å²) in [6, 6.07) is 4.19. The Bertz CT molecular complexity index is 451. The lowest BCUT2D eigenvalue weighted by Crippen LogP contribution is -2.35. The summed E-state index contributed by atoms with van der Waals surface area (Å²) in [4.78, 5) is 14.2. The zero-order valence-corrected chi connectivity index (χ0v) is 12.9. The summed E-state index contributed by atoms with van der Waals surface area (Å²) < 4.78 is 5.79. The number of carbonyl (C=O) groups is 1. The molecule has 3 heteroatoms. The van der Waals surface area contributed by atoms with Gasteiger partial charge in [0.15, 0.2) is 6.61 Å². The standard InChI is InChI=1S/C17H25NO2/c1-13-10-14(2)17(15(3)11-13)20-12-16(19)18-8-6-4-5-7-9-18/h10-11H,4-9,12H2,1-3H3. The van der Waals surface area contributed by atoms with Crippen molar-refractivity contribution in [2.24, 2.45) is 0 Å². The maximum Gasteiger partial charge on any atom is 0.260 e. The van der Waals surface area contributed by atoms with E-state index in [1.165, 1.54) is 18.4 Å². The highest BCUT2D eigenvalue weighted by molar-refractivity contribution is 5.77. The molecule has 1 aliphatic rings. The van der Waals surface area contributed by atoms with Crippen molar-refractivity contribution in [1.29, 1.82) is 0 Å². The molecule has 1 saturated heterocycles. The van der Waals surface area contributed by atoms with Gasteiger partial charge in [-0.25, -0.2) is 0 Å². The monoisotopic (exact) mass is 275 g/mol. The van der Waals surface area contributed by atoms with Crippen molar-refractivity contribution >= 4 is 5.91 Å². The van der Waals surface area contributed by atoms with Crippen molar-refractivity contribution in [3.05, 3.63) is 28.8 Å². The molecule has 3 nitrogen and oxygen atoms in total. The Kier molecular flexibility index (Phi) is 5.05.